The predicted molar refractivity (Wildman–Crippen MR) is 140 cm³/mol. The summed E-state index contributed by atoms with van der Waals surface area (Å²) in [6, 6.07) is 8.40. The molecule has 0 heterocycles. The molecule has 0 aliphatic heterocycles. The van der Waals surface area contributed by atoms with Gasteiger partial charge in [-0.25, -0.2) is 8.42 Å². The summed E-state index contributed by atoms with van der Waals surface area (Å²) in [6.45, 7) is 3.28. The lowest BCUT2D eigenvalue weighted by Gasteiger charge is -2.33. The van der Waals surface area contributed by atoms with E-state index < -0.39 is 28.5 Å². The van der Waals surface area contributed by atoms with Gasteiger partial charge in [-0.05, 0) is 49.2 Å². The van der Waals surface area contributed by atoms with Crippen LogP contribution in [0.2, 0.25) is 15.1 Å². The summed E-state index contributed by atoms with van der Waals surface area (Å²) in [7, 11) is -2.56. The highest BCUT2D eigenvalue weighted by atomic mass is 35.5. The van der Waals surface area contributed by atoms with E-state index in [0.29, 0.717) is 28.6 Å². The number of halogens is 3. The number of likely N-dealkylation sites (N-methyl/N-ethyl adjacent to an activating group) is 1. The van der Waals surface area contributed by atoms with Crippen molar-refractivity contribution in [2.75, 3.05) is 30.8 Å². The molecule has 0 saturated carbocycles. The first-order valence-electron chi connectivity index (χ1n) is 10.7. The van der Waals surface area contributed by atoms with Crippen LogP contribution in [0.5, 0.6) is 5.75 Å². The minimum Gasteiger partial charge on any atom is -0.495 e. The maximum absolute atomic E-state index is 13.6. The van der Waals surface area contributed by atoms with E-state index in [2.05, 4.69) is 5.32 Å². The SMILES string of the molecule is CCNC(=O)[C@@H](CC)N(Cc1ccc(Cl)cc1Cl)C(=O)CN(c1cc(Cl)ccc1OC)S(C)(=O)=O. The number of hydrogen-bond donors (Lipinski definition) is 1. The molecule has 2 amide bonds. The van der Waals surface area contributed by atoms with Crippen LogP contribution in [-0.2, 0) is 26.2 Å². The molecule has 0 aromatic heterocycles. The Morgan fingerprint density at radius 3 is 2.23 bits per heavy atom. The number of nitrogens with zero attached hydrogens (tertiary/aromatic N) is 2. The monoisotopic (exact) mass is 563 g/mol. The lowest BCUT2D eigenvalue weighted by Crippen LogP contribution is -2.52. The molecule has 0 unspecified atom stereocenters. The van der Waals surface area contributed by atoms with Crippen LogP contribution >= 0.6 is 34.8 Å². The van der Waals surface area contributed by atoms with Crippen LogP contribution in [0.25, 0.3) is 0 Å². The lowest BCUT2D eigenvalue weighted by atomic mass is 10.1. The van der Waals surface area contributed by atoms with E-state index in [1.54, 1.807) is 32.0 Å². The number of ether oxygens (including phenoxy) is 1. The van der Waals surface area contributed by atoms with Crippen LogP contribution < -0.4 is 14.4 Å². The Morgan fingerprint density at radius 1 is 1.06 bits per heavy atom. The van der Waals surface area contributed by atoms with Gasteiger partial charge in [0.1, 0.15) is 18.3 Å². The number of carbonyl (C=O) groups excluding carboxylic acids is 2. The fourth-order valence-corrected chi connectivity index (χ4v) is 4.98. The van der Waals surface area contributed by atoms with Crippen molar-refractivity contribution in [3.63, 3.8) is 0 Å². The zero-order valence-corrected chi connectivity index (χ0v) is 22.9. The van der Waals surface area contributed by atoms with Gasteiger partial charge in [-0.3, -0.25) is 13.9 Å². The smallest absolute Gasteiger partial charge is 0.244 e. The number of carbonyl (C=O) groups is 2. The van der Waals surface area contributed by atoms with Gasteiger partial charge in [-0.15, -0.1) is 0 Å². The van der Waals surface area contributed by atoms with Gasteiger partial charge in [0, 0.05) is 28.2 Å². The summed E-state index contributed by atoms with van der Waals surface area (Å²) >= 11 is 18.4. The van der Waals surface area contributed by atoms with Crippen molar-refractivity contribution in [2.45, 2.75) is 32.9 Å². The number of benzene rings is 2. The van der Waals surface area contributed by atoms with Gasteiger partial charge in [-0.1, -0.05) is 47.8 Å². The highest BCUT2D eigenvalue weighted by Gasteiger charge is 2.32. The van der Waals surface area contributed by atoms with E-state index in [-0.39, 0.29) is 28.9 Å². The molecule has 0 fully saturated rings. The third-order valence-electron chi connectivity index (χ3n) is 5.18. The molecule has 35 heavy (non-hydrogen) atoms. The Labute approximate surface area is 221 Å². The van der Waals surface area contributed by atoms with Gasteiger partial charge in [0.15, 0.2) is 0 Å². The molecular weight excluding hydrogens is 537 g/mol. The topological polar surface area (TPSA) is 96.0 Å². The van der Waals surface area contributed by atoms with Crippen LogP contribution in [0.1, 0.15) is 25.8 Å². The molecule has 0 radical (unpaired) electrons. The van der Waals surface area contributed by atoms with Crippen LogP contribution in [-0.4, -0.2) is 57.6 Å². The Kier molecular flexibility index (Phi) is 10.5. The van der Waals surface area contributed by atoms with Crippen molar-refractivity contribution >= 4 is 62.3 Å². The number of anilines is 1. The molecule has 0 aliphatic carbocycles. The Hall–Kier alpha value is -2.20. The quantitative estimate of drug-likeness (QED) is 0.437. The number of sulfonamides is 1. The molecule has 192 valence electrons. The third-order valence-corrected chi connectivity index (χ3v) is 7.13. The minimum absolute atomic E-state index is 0.0330. The van der Waals surface area contributed by atoms with Gasteiger partial charge < -0.3 is 15.0 Å². The summed E-state index contributed by atoms with van der Waals surface area (Å²) in [5.41, 5.74) is 0.657. The van der Waals surface area contributed by atoms with E-state index in [4.69, 9.17) is 39.5 Å². The van der Waals surface area contributed by atoms with E-state index in [9.17, 15) is 18.0 Å². The van der Waals surface area contributed by atoms with E-state index in [0.717, 1.165) is 10.6 Å². The first-order chi connectivity index (χ1) is 16.4. The van der Waals surface area contributed by atoms with Crippen molar-refractivity contribution in [1.82, 2.24) is 10.2 Å². The van der Waals surface area contributed by atoms with Gasteiger partial charge in [0.2, 0.25) is 21.8 Å². The zero-order valence-electron chi connectivity index (χ0n) is 19.8. The van der Waals surface area contributed by atoms with Crippen LogP contribution in [0, 0.1) is 0 Å². The number of hydrogen-bond acceptors (Lipinski definition) is 5. The highest BCUT2D eigenvalue weighted by molar-refractivity contribution is 7.92. The third kappa shape index (κ3) is 7.64. The first kappa shape index (κ1) is 29.0. The van der Waals surface area contributed by atoms with Gasteiger partial charge in [0.05, 0.1) is 19.1 Å². The molecule has 8 nitrogen and oxygen atoms in total. The second-order valence-electron chi connectivity index (χ2n) is 7.66. The fraction of sp³-hybridized carbons (Fsp3) is 0.391. The molecule has 0 bridgehead atoms. The number of nitrogens with one attached hydrogen (secondary N) is 1. The van der Waals surface area contributed by atoms with Crippen molar-refractivity contribution in [2.24, 2.45) is 0 Å². The second-order valence-corrected chi connectivity index (χ2v) is 10.8. The largest absolute Gasteiger partial charge is 0.495 e. The zero-order chi connectivity index (χ0) is 26.3. The van der Waals surface area contributed by atoms with Crippen molar-refractivity contribution in [1.29, 1.82) is 0 Å². The van der Waals surface area contributed by atoms with E-state index >= 15 is 0 Å². The first-order valence-corrected chi connectivity index (χ1v) is 13.7. The fourth-order valence-electron chi connectivity index (χ4n) is 3.50. The molecule has 2 aromatic rings. The van der Waals surface area contributed by atoms with Crippen LogP contribution in [0.3, 0.4) is 0 Å². The molecule has 1 N–H and O–H groups in total. The molecule has 0 spiro atoms. The standard InChI is InChI=1S/C23H28Cl3N3O5S/c1-5-19(23(31)27-6-2)28(13-15-7-8-16(24)11-18(15)26)22(30)14-29(35(4,32)33)20-12-17(25)9-10-21(20)34-3/h7-12,19H,5-6,13-14H2,1-4H3,(H,27,31)/t19-/m1/s1. The summed E-state index contributed by atoms with van der Waals surface area (Å²) in [6.07, 6.45) is 1.27. The van der Waals surface area contributed by atoms with Gasteiger partial charge in [0.25, 0.3) is 0 Å². The normalized spacial score (nSPS) is 12.1. The maximum Gasteiger partial charge on any atom is 0.244 e. The summed E-state index contributed by atoms with van der Waals surface area (Å²) in [5, 5.41) is 3.73. The van der Waals surface area contributed by atoms with Gasteiger partial charge >= 0.3 is 0 Å². The maximum atomic E-state index is 13.6. The number of rotatable bonds is 11. The van der Waals surface area contributed by atoms with E-state index in [1.165, 1.54) is 30.2 Å². The Bertz CT molecular complexity index is 1180. The van der Waals surface area contributed by atoms with Gasteiger partial charge in [-0.2, -0.15) is 0 Å². The van der Waals surface area contributed by atoms with Crippen LogP contribution in [0.15, 0.2) is 36.4 Å². The molecule has 12 heteroatoms. The molecule has 2 aromatic carbocycles. The number of amides is 2. The average Bonchev–Trinajstić information content (AvgIpc) is 2.78. The lowest BCUT2D eigenvalue weighted by molar-refractivity contribution is -0.140. The highest BCUT2D eigenvalue weighted by Crippen LogP contribution is 2.33. The summed E-state index contributed by atoms with van der Waals surface area (Å²) in [4.78, 5) is 27.8. The molecule has 1 atom stereocenters. The summed E-state index contributed by atoms with van der Waals surface area (Å²) < 4.78 is 31.7. The second kappa shape index (κ2) is 12.7. The molecular formula is C23H28Cl3N3O5S. The van der Waals surface area contributed by atoms with E-state index in [1.807, 2.05) is 0 Å². The van der Waals surface area contributed by atoms with Crippen molar-refractivity contribution in [3.05, 3.63) is 57.0 Å². The Morgan fingerprint density at radius 2 is 1.69 bits per heavy atom. The number of methoxy groups -OCH3 is 1. The molecule has 0 aliphatic rings. The predicted octanol–water partition coefficient (Wildman–Crippen LogP) is 4.36. The Balaban J connectivity index is 2.54. The van der Waals surface area contributed by atoms with Crippen molar-refractivity contribution < 1.29 is 22.7 Å². The van der Waals surface area contributed by atoms with Crippen LogP contribution in [0.4, 0.5) is 5.69 Å². The molecule has 0 saturated heterocycles. The average molecular weight is 565 g/mol. The summed E-state index contributed by atoms with van der Waals surface area (Å²) in [5.74, 6) is -0.753. The minimum atomic E-state index is -3.94. The molecule has 2 rings (SSSR count). The van der Waals surface area contributed by atoms with Crippen molar-refractivity contribution in [3.8, 4) is 5.75 Å².